The minimum atomic E-state index is -0.903. The van der Waals surface area contributed by atoms with Gasteiger partial charge in [-0.2, -0.15) is 0 Å². The largest absolute Gasteiger partial charge is 0.379 e. The summed E-state index contributed by atoms with van der Waals surface area (Å²) >= 11 is 1.41. The van der Waals surface area contributed by atoms with Gasteiger partial charge in [0.05, 0.1) is 18.1 Å². The summed E-state index contributed by atoms with van der Waals surface area (Å²) in [6.07, 6.45) is 5.24. The Labute approximate surface area is 160 Å². The number of nitrogens with zero attached hydrogens (tertiary/aromatic N) is 3. The van der Waals surface area contributed by atoms with E-state index in [1.54, 1.807) is 24.0 Å². The number of hydrogen-bond donors (Lipinski definition) is 3. The molecule has 1 aromatic carbocycles. The van der Waals surface area contributed by atoms with Crippen LogP contribution in [-0.4, -0.2) is 31.9 Å². The van der Waals surface area contributed by atoms with Crippen molar-refractivity contribution in [1.82, 2.24) is 9.55 Å². The molecule has 2 heterocycles. The van der Waals surface area contributed by atoms with E-state index in [9.17, 15) is 9.18 Å². The van der Waals surface area contributed by atoms with E-state index in [1.165, 1.54) is 30.1 Å². The highest BCUT2D eigenvalue weighted by Crippen LogP contribution is 2.53. The number of halogens is 1. The lowest BCUT2D eigenvalue weighted by Crippen LogP contribution is -2.58. The molecular formula is C18H21FN6OS. The molecule has 0 unspecified atom stereocenters. The molecule has 142 valence electrons. The summed E-state index contributed by atoms with van der Waals surface area (Å²) in [6, 6.07) is 4.50. The predicted molar refractivity (Wildman–Crippen MR) is 104 cm³/mol. The normalized spacial score (nSPS) is 27.1. The number of aryl methyl sites for hydroxylation is 1. The zero-order valence-electron chi connectivity index (χ0n) is 14.9. The van der Waals surface area contributed by atoms with E-state index in [4.69, 9.17) is 11.5 Å². The van der Waals surface area contributed by atoms with Gasteiger partial charge in [0.15, 0.2) is 5.17 Å². The monoisotopic (exact) mass is 388 g/mol. The lowest BCUT2D eigenvalue weighted by atomic mass is 9.76. The fraction of sp³-hybridized carbons (Fsp3) is 0.389. The van der Waals surface area contributed by atoms with Crippen molar-refractivity contribution in [3.8, 4) is 0 Å². The second kappa shape index (κ2) is 6.35. The van der Waals surface area contributed by atoms with Crippen LogP contribution in [0.2, 0.25) is 0 Å². The second-order valence-corrected chi connectivity index (χ2v) is 8.14. The van der Waals surface area contributed by atoms with Crippen LogP contribution >= 0.6 is 11.8 Å². The molecule has 1 saturated carbocycles. The molecule has 2 aliphatic rings. The van der Waals surface area contributed by atoms with Crippen molar-refractivity contribution in [3.05, 3.63) is 47.8 Å². The van der Waals surface area contributed by atoms with Crippen molar-refractivity contribution in [2.45, 2.75) is 30.3 Å². The standard InChI is InChI=1S/C18H21FN6OS/c1-25-10-22-8-14(25)15(26)23-11-3-4-13(19)12(7-11)18-6-2-5-17(18,21)9-27-16(20)24-18/h3-4,7-8,10H,2,5-6,9,21H2,1H3,(H2,20,24)(H,23,26)/t17-,18-/m1/s1. The summed E-state index contributed by atoms with van der Waals surface area (Å²) in [5.74, 6) is -0.126. The zero-order chi connectivity index (χ0) is 19.2. The third-order valence-corrected chi connectivity index (χ3v) is 6.53. The first kappa shape index (κ1) is 18.0. The third-order valence-electron chi connectivity index (χ3n) is 5.48. The van der Waals surface area contributed by atoms with E-state index < -0.39 is 16.9 Å². The van der Waals surface area contributed by atoms with Gasteiger partial charge in [-0.3, -0.25) is 4.79 Å². The van der Waals surface area contributed by atoms with Crippen molar-refractivity contribution in [3.63, 3.8) is 0 Å². The SMILES string of the molecule is Cn1cncc1C(=O)Nc1ccc(F)c([C@]23CCC[C@@]2(N)CSC(N)=N3)c1. The fourth-order valence-corrected chi connectivity index (χ4v) is 5.06. The number of hydrogen-bond acceptors (Lipinski definition) is 6. The number of nitrogens with one attached hydrogen (secondary N) is 1. The number of carbonyl (C=O) groups excluding carboxylic acids is 1. The Morgan fingerprint density at radius 2 is 2.22 bits per heavy atom. The molecule has 1 amide bonds. The molecule has 0 bridgehead atoms. The van der Waals surface area contributed by atoms with E-state index in [-0.39, 0.29) is 5.91 Å². The number of carbonyl (C=O) groups is 1. The number of aromatic nitrogens is 2. The summed E-state index contributed by atoms with van der Waals surface area (Å²) in [5.41, 5.74) is 12.3. The first-order chi connectivity index (χ1) is 12.8. The fourth-order valence-electron chi connectivity index (χ4n) is 4.05. The molecule has 1 aromatic heterocycles. The number of imidazole rings is 1. The molecule has 7 nitrogen and oxygen atoms in total. The molecule has 4 rings (SSSR count). The Kier molecular flexibility index (Phi) is 4.23. The molecule has 0 spiro atoms. The molecule has 0 radical (unpaired) electrons. The van der Waals surface area contributed by atoms with Crippen LogP contribution in [-0.2, 0) is 12.6 Å². The minimum Gasteiger partial charge on any atom is -0.379 e. The first-order valence-corrected chi connectivity index (χ1v) is 9.68. The Hall–Kier alpha value is -2.39. The van der Waals surface area contributed by atoms with Crippen molar-refractivity contribution in [2.24, 2.45) is 23.5 Å². The number of anilines is 1. The lowest BCUT2D eigenvalue weighted by molar-refractivity contribution is 0.101. The number of aliphatic imine (C=N–C) groups is 1. The lowest BCUT2D eigenvalue weighted by Gasteiger charge is -2.44. The van der Waals surface area contributed by atoms with E-state index in [0.717, 1.165) is 12.8 Å². The summed E-state index contributed by atoms with van der Waals surface area (Å²) in [5, 5.41) is 3.22. The maximum Gasteiger partial charge on any atom is 0.273 e. The number of nitrogens with two attached hydrogens (primary N) is 2. The van der Waals surface area contributed by atoms with Gasteiger partial charge in [-0.15, -0.1) is 0 Å². The van der Waals surface area contributed by atoms with Crippen LogP contribution in [0, 0.1) is 5.82 Å². The van der Waals surface area contributed by atoms with Gasteiger partial charge in [-0.1, -0.05) is 11.8 Å². The van der Waals surface area contributed by atoms with Gasteiger partial charge < -0.3 is 21.4 Å². The average molecular weight is 388 g/mol. The van der Waals surface area contributed by atoms with Crippen LogP contribution in [0.3, 0.4) is 0 Å². The number of amides is 1. The molecular weight excluding hydrogens is 367 g/mol. The minimum absolute atomic E-state index is 0.322. The predicted octanol–water partition coefficient (Wildman–Crippen LogP) is 1.95. The highest BCUT2D eigenvalue weighted by atomic mass is 32.2. The molecule has 5 N–H and O–H groups in total. The third kappa shape index (κ3) is 2.81. The summed E-state index contributed by atoms with van der Waals surface area (Å²) in [6.45, 7) is 0. The van der Waals surface area contributed by atoms with Gasteiger partial charge in [-0.25, -0.2) is 14.4 Å². The molecule has 1 aliphatic heterocycles. The zero-order valence-corrected chi connectivity index (χ0v) is 15.7. The molecule has 1 fully saturated rings. The van der Waals surface area contributed by atoms with E-state index >= 15 is 0 Å². The Morgan fingerprint density at radius 1 is 1.41 bits per heavy atom. The van der Waals surface area contributed by atoms with Crippen molar-refractivity contribution >= 4 is 28.5 Å². The summed E-state index contributed by atoms with van der Waals surface area (Å²) in [4.78, 5) is 21.0. The number of fused-ring (bicyclic) bond motifs is 1. The number of rotatable bonds is 3. The topological polar surface area (TPSA) is 111 Å². The van der Waals surface area contributed by atoms with Crippen LogP contribution in [0.1, 0.15) is 35.3 Å². The maximum atomic E-state index is 14.9. The van der Waals surface area contributed by atoms with Gasteiger partial charge >= 0.3 is 0 Å². The van der Waals surface area contributed by atoms with E-state index in [1.807, 2.05) is 0 Å². The highest BCUT2D eigenvalue weighted by Gasteiger charge is 2.56. The highest BCUT2D eigenvalue weighted by molar-refractivity contribution is 8.13. The molecule has 0 saturated heterocycles. The van der Waals surface area contributed by atoms with Gasteiger partial charge in [0, 0.05) is 24.1 Å². The Morgan fingerprint density at radius 3 is 2.96 bits per heavy atom. The van der Waals surface area contributed by atoms with Crippen LogP contribution in [0.4, 0.5) is 10.1 Å². The van der Waals surface area contributed by atoms with E-state index in [2.05, 4.69) is 15.3 Å². The van der Waals surface area contributed by atoms with E-state index in [0.29, 0.717) is 34.3 Å². The molecule has 27 heavy (non-hydrogen) atoms. The molecule has 9 heteroatoms. The van der Waals surface area contributed by atoms with Crippen molar-refractivity contribution < 1.29 is 9.18 Å². The van der Waals surface area contributed by atoms with Crippen LogP contribution < -0.4 is 16.8 Å². The number of amidine groups is 1. The quantitative estimate of drug-likeness (QED) is 0.744. The van der Waals surface area contributed by atoms with Gasteiger partial charge in [0.25, 0.3) is 5.91 Å². The molecule has 2 atom stereocenters. The Balaban J connectivity index is 1.74. The van der Waals surface area contributed by atoms with Gasteiger partial charge in [-0.05, 0) is 37.5 Å². The van der Waals surface area contributed by atoms with Crippen LogP contribution in [0.25, 0.3) is 0 Å². The smallest absolute Gasteiger partial charge is 0.273 e. The number of benzene rings is 1. The van der Waals surface area contributed by atoms with Crippen LogP contribution in [0.15, 0.2) is 35.7 Å². The first-order valence-electron chi connectivity index (χ1n) is 8.69. The molecule has 2 aromatic rings. The maximum absolute atomic E-state index is 14.9. The second-order valence-electron chi connectivity index (χ2n) is 7.15. The van der Waals surface area contributed by atoms with Crippen molar-refractivity contribution in [2.75, 3.05) is 11.1 Å². The van der Waals surface area contributed by atoms with Gasteiger partial charge in [0.1, 0.15) is 17.1 Å². The van der Waals surface area contributed by atoms with Crippen molar-refractivity contribution in [1.29, 1.82) is 0 Å². The average Bonchev–Trinajstić information content (AvgIpc) is 3.20. The summed E-state index contributed by atoms with van der Waals surface area (Å²) in [7, 11) is 1.73. The van der Waals surface area contributed by atoms with Crippen LogP contribution in [0.5, 0.6) is 0 Å². The Bertz CT molecular complexity index is 944. The number of thioether (sulfide) groups is 1. The summed E-state index contributed by atoms with van der Waals surface area (Å²) < 4.78 is 16.5. The van der Waals surface area contributed by atoms with Gasteiger partial charge in [0.2, 0.25) is 0 Å². The molecule has 1 aliphatic carbocycles.